The Balaban J connectivity index is -0.000000320. The van der Waals surface area contributed by atoms with Gasteiger partial charge in [0.15, 0.2) is 0 Å². The van der Waals surface area contributed by atoms with Gasteiger partial charge in [-0.3, -0.25) is 0 Å². The monoisotopic (exact) mass is 156 g/mol. The fourth-order valence-electron chi connectivity index (χ4n) is 0.331. The molecule has 10 heavy (non-hydrogen) atoms. The van der Waals surface area contributed by atoms with Crippen LogP contribution in [0.5, 0.6) is 0 Å². The van der Waals surface area contributed by atoms with Crippen molar-refractivity contribution in [1.82, 2.24) is 0 Å². The van der Waals surface area contributed by atoms with Crippen LogP contribution in [0.3, 0.4) is 0 Å². The van der Waals surface area contributed by atoms with Gasteiger partial charge in [-0.1, -0.05) is 0 Å². The third kappa shape index (κ3) is 8.14. The smallest absolute Gasteiger partial charge is 1.00 e. The van der Waals surface area contributed by atoms with E-state index in [0.717, 1.165) is 12.2 Å². The van der Waals surface area contributed by atoms with Crippen LogP contribution in [0, 0.1) is 0 Å². The van der Waals surface area contributed by atoms with Gasteiger partial charge in [-0.05, 0) is 13.0 Å². The Kier molecular flexibility index (Phi) is 11.7. The quantitative estimate of drug-likeness (QED) is 0.273. The number of alkyl halides is 1. The van der Waals surface area contributed by atoms with E-state index >= 15 is 0 Å². The first-order valence-corrected chi connectivity index (χ1v) is 2.70. The molecule has 0 aliphatic heterocycles. The van der Waals surface area contributed by atoms with E-state index in [1.54, 1.807) is 6.92 Å². The topological polar surface area (TPSA) is 26.3 Å². The molecule has 0 aliphatic carbocycles. The second kappa shape index (κ2) is 9.14. The summed E-state index contributed by atoms with van der Waals surface area (Å²) in [5.74, 6) is -0.491. The van der Waals surface area contributed by atoms with Crippen molar-refractivity contribution in [3.8, 4) is 0 Å². The van der Waals surface area contributed by atoms with Crippen molar-refractivity contribution in [1.29, 1.82) is 0 Å². The molecule has 4 heteroatoms. The summed E-state index contributed by atoms with van der Waals surface area (Å²) >= 11 is 0. The SMILES string of the molecule is CCOC(=O)C=CCF.[H-].[Na+]. The zero-order valence-electron chi connectivity index (χ0n) is 7.26. The van der Waals surface area contributed by atoms with Crippen molar-refractivity contribution < 1.29 is 44.9 Å². The normalized spacial score (nSPS) is 9.00. The van der Waals surface area contributed by atoms with Gasteiger partial charge in [0, 0.05) is 6.08 Å². The molecule has 54 valence electrons. The van der Waals surface area contributed by atoms with E-state index in [9.17, 15) is 9.18 Å². The molecular formula is C6H10FNaO2. The molecule has 0 saturated carbocycles. The summed E-state index contributed by atoms with van der Waals surface area (Å²) in [4.78, 5) is 10.3. The molecule has 0 bridgehead atoms. The van der Waals surface area contributed by atoms with Crippen LogP contribution in [0.2, 0.25) is 0 Å². The first kappa shape index (κ1) is 12.8. The minimum absolute atomic E-state index is 0. The molecule has 0 rings (SSSR count). The maximum Gasteiger partial charge on any atom is 1.00 e. The average molecular weight is 156 g/mol. The third-order valence-corrected chi connectivity index (χ3v) is 0.630. The van der Waals surface area contributed by atoms with Crippen LogP contribution in [0.15, 0.2) is 12.2 Å². The van der Waals surface area contributed by atoms with Crippen molar-refractivity contribution in [3.63, 3.8) is 0 Å². The Morgan fingerprint density at radius 2 is 2.40 bits per heavy atom. The fraction of sp³-hybridized carbons (Fsp3) is 0.500. The van der Waals surface area contributed by atoms with Crippen molar-refractivity contribution >= 4 is 5.97 Å². The number of allylic oxidation sites excluding steroid dienone is 1. The average Bonchev–Trinajstić information content (AvgIpc) is 1.85. The second-order valence-electron chi connectivity index (χ2n) is 1.31. The van der Waals surface area contributed by atoms with Crippen LogP contribution in [-0.4, -0.2) is 19.3 Å². The molecule has 0 N–H and O–H groups in total. The van der Waals surface area contributed by atoms with Gasteiger partial charge in [0.05, 0.1) is 6.61 Å². The standard InChI is InChI=1S/C6H9FO2.Na.H/c1-2-9-6(8)4-3-5-7;;/h3-4H,2,5H2,1H3;;/q;+1;-1. The summed E-state index contributed by atoms with van der Waals surface area (Å²) in [6.45, 7) is 1.40. The Bertz CT molecular complexity index is 119. The molecule has 0 aliphatic rings. The summed E-state index contributed by atoms with van der Waals surface area (Å²) in [5, 5.41) is 0. The molecule has 0 aromatic carbocycles. The molecule has 0 fully saturated rings. The summed E-state index contributed by atoms with van der Waals surface area (Å²) in [6.07, 6.45) is 2.18. The number of hydrogen-bond donors (Lipinski definition) is 0. The zero-order chi connectivity index (χ0) is 7.11. The van der Waals surface area contributed by atoms with E-state index in [1.165, 1.54) is 0 Å². The van der Waals surface area contributed by atoms with Crippen LogP contribution in [0.25, 0.3) is 0 Å². The van der Waals surface area contributed by atoms with Gasteiger partial charge in [-0.2, -0.15) is 0 Å². The van der Waals surface area contributed by atoms with E-state index in [0.29, 0.717) is 6.61 Å². The predicted octanol–water partition coefficient (Wildman–Crippen LogP) is -1.81. The largest absolute Gasteiger partial charge is 1.00 e. The van der Waals surface area contributed by atoms with Gasteiger partial charge in [-0.15, -0.1) is 0 Å². The van der Waals surface area contributed by atoms with E-state index in [4.69, 9.17) is 0 Å². The molecule has 0 amide bonds. The molecule has 0 spiro atoms. The van der Waals surface area contributed by atoms with Gasteiger partial charge >= 0.3 is 35.5 Å². The Morgan fingerprint density at radius 3 is 2.80 bits per heavy atom. The summed E-state index contributed by atoms with van der Waals surface area (Å²) in [5.41, 5.74) is 0. The Morgan fingerprint density at radius 1 is 1.80 bits per heavy atom. The molecular weight excluding hydrogens is 146 g/mol. The maximum atomic E-state index is 11.3. The van der Waals surface area contributed by atoms with E-state index < -0.39 is 12.6 Å². The van der Waals surface area contributed by atoms with Gasteiger partial charge in [0.2, 0.25) is 0 Å². The summed E-state index contributed by atoms with van der Waals surface area (Å²) in [6, 6.07) is 0. The van der Waals surface area contributed by atoms with E-state index in [2.05, 4.69) is 4.74 Å². The van der Waals surface area contributed by atoms with Crippen LogP contribution in [0.1, 0.15) is 8.35 Å². The number of esters is 1. The molecule has 0 aromatic heterocycles. The van der Waals surface area contributed by atoms with Crippen molar-refractivity contribution in [2.75, 3.05) is 13.3 Å². The first-order valence-electron chi connectivity index (χ1n) is 2.70. The van der Waals surface area contributed by atoms with Crippen LogP contribution in [-0.2, 0) is 9.53 Å². The first-order chi connectivity index (χ1) is 4.31. The minimum atomic E-state index is -0.626. The second-order valence-corrected chi connectivity index (χ2v) is 1.31. The number of hydrogen-bond acceptors (Lipinski definition) is 2. The van der Waals surface area contributed by atoms with Crippen LogP contribution in [0.4, 0.5) is 4.39 Å². The van der Waals surface area contributed by atoms with Crippen molar-refractivity contribution in [2.24, 2.45) is 0 Å². The predicted molar refractivity (Wildman–Crippen MR) is 32.9 cm³/mol. The van der Waals surface area contributed by atoms with Gasteiger partial charge in [-0.25, -0.2) is 9.18 Å². The van der Waals surface area contributed by atoms with Crippen molar-refractivity contribution in [2.45, 2.75) is 6.92 Å². The maximum absolute atomic E-state index is 11.3. The molecule has 0 atom stereocenters. The van der Waals surface area contributed by atoms with Gasteiger partial charge < -0.3 is 6.16 Å². The number of carbonyl (C=O) groups is 1. The molecule has 0 unspecified atom stereocenters. The van der Waals surface area contributed by atoms with Gasteiger partial charge in [0.25, 0.3) is 0 Å². The van der Waals surface area contributed by atoms with Crippen LogP contribution >= 0.6 is 0 Å². The fourth-order valence-corrected chi connectivity index (χ4v) is 0.331. The number of ether oxygens (including phenoxy) is 1. The Hall–Kier alpha value is 0.140. The zero-order valence-corrected chi connectivity index (χ0v) is 8.26. The van der Waals surface area contributed by atoms with E-state index in [-0.39, 0.29) is 31.0 Å². The minimum Gasteiger partial charge on any atom is -1.00 e. The number of halogens is 1. The summed E-state index contributed by atoms with van der Waals surface area (Å²) < 4.78 is 15.8. The molecule has 0 heterocycles. The summed E-state index contributed by atoms with van der Waals surface area (Å²) in [7, 11) is 0. The van der Waals surface area contributed by atoms with Crippen LogP contribution < -0.4 is 29.6 Å². The number of rotatable bonds is 3. The van der Waals surface area contributed by atoms with Crippen molar-refractivity contribution in [3.05, 3.63) is 12.2 Å². The molecule has 2 nitrogen and oxygen atoms in total. The molecule has 0 radical (unpaired) electrons. The third-order valence-electron chi connectivity index (χ3n) is 0.630. The Labute approximate surface area is 83.2 Å². The number of carbonyl (C=O) groups excluding carboxylic acids is 1. The molecule has 0 saturated heterocycles. The molecule has 0 aromatic rings. The van der Waals surface area contributed by atoms with Gasteiger partial charge in [0.1, 0.15) is 6.67 Å². The van der Waals surface area contributed by atoms with E-state index in [1.807, 2.05) is 0 Å².